The van der Waals surface area contributed by atoms with E-state index in [0.717, 1.165) is 6.04 Å². The molecule has 0 aromatic carbocycles. The van der Waals surface area contributed by atoms with Crippen LogP contribution in [-0.2, 0) is 0 Å². The van der Waals surface area contributed by atoms with Gasteiger partial charge in [-0.1, -0.05) is 92.1 Å². The van der Waals surface area contributed by atoms with Crippen molar-refractivity contribution in [2.45, 2.75) is 97.8 Å². The first-order valence-corrected chi connectivity index (χ1v) is 12.6. The third-order valence-electron chi connectivity index (χ3n) is 6.22. The molecule has 0 aromatic heterocycles. The fraction of sp³-hybridized carbons (Fsp3) is 0.810. The Balaban J connectivity index is 2.36. The van der Waals surface area contributed by atoms with Gasteiger partial charge in [-0.15, -0.1) is 0 Å². The summed E-state index contributed by atoms with van der Waals surface area (Å²) in [6.07, 6.45) is 14.6. The highest BCUT2D eigenvalue weighted by atomic mass is 28.3. The average Bonchev–Trinajstić information content (AvgIpc) is 2.85. The summed E-state index contributed by atoms with van der Waals surface area (Å²) in [5, 5.41) is 0.195. The van der Waals surface area contributed by atoms with E-state index in [1.807, 2.05) is 0 Å². The van der Waals surface area contributed by atoms with Gasteiger partial charge in [0.25, 0.3) is 0 Å². The molecule has 0 spiro atoms. The van der Waals surface area contributed by atoms with Crippen molar-refractivity contribution in [3.63, 3.8) is 0 Å². The molecule has 1 fully saturated rings. The van der Waals surface area contributed by atoms with Crippen LogP contribution in [0.3, 0.4) is 0 Å². The van der Waals surface area contributed by atoms with Crippen molar-refractivity contribution in [2.24, 2.45) is 10.8 Å². The quantitative estimate of drug-likeness (QED) is 0.586. The average molecular weight is 334 g/mol. The Hall–Kier alpha value is -0.343. The van der Waals surface area contributed by atoms with Crippen LogP contribution in [0, 0.1) is 10.8 Å². The summed E-state index contributed by atoms with van der Waals surface area (Å²) in [6, 6.07) is 0.741. The zero-order valence-corrected chi connectivity index (χ0v) is 17.8. The van der Waals surface area contributed by atoms with Crippen LogP contribution in [0.5, 0.6) is 0 Å². The predicted octanol–water partition coefficient (Wildman–Crippen LogP) is 6.44. The molecule has 0 aromatic rings. The minimum absolute atomic E-state index is 0.195. The predicted molar refractivity (Wildman–Crippen MR) is 106 cm³/mol. The first-order valence-electron chi connectivity index (χ1n) is 9.59. The molecule has 1 N–H and O–H groups in total. The fourth-order valence-corrected chi connectivity index (χ4v) is 9.14. The first kappa shape index (κ1) is 19.0. The smallest absolute Gasteiger partial charge is 0.134 e. The van der Waals surface area contributed by atoms with Gasteiger partial charge in [-0.25, -0.2) is 0 Å². The Labute approximate surface area is 146 Å². The molecule has 132 valence electrons. The van der Waals surface area contributed by atoms with Crippen molar-refractivity contribution in [1.82, 2.24) is 4.98 Å². The van der Waals surface area contributed by atoms with Gasteiger partial charge in [0.15, 0.2) is 0 Å². The van der Waals surface area contributed by atoms with Crippen LogP contribution >= 0.6 is 0 Å². The molecule has 0 amide bonds. The van der Waals surface area contributed by atoms with E-state index in [2.05, 4.69) is 77.8 Å². The van der Waals surface area contributed by atoms with Gasteiger partial charge in [0, 0.05) is 11.1 Å². The molecule has 1 nitrogen and oxygen atoms in total. The molecule has 0 bridgehead atoms. The summed E-state index contributed by atoms with van der Waals surface area (Å²) in [7, 11) is -1.68. The highest BCUT2D eigenvalue weighted by Crippen LogP contribution is 2.59. The monoisotopic (exact) mass is 333 g/mol. The zero-order chi connectivity index (χ0) is 17.5. The van der Waals surface area contributed by atoms with E-state index in [0.29, 0.717) is 0 Å². The highest BCUT2D eigenvalue weighted by molar-refractivity contribution is 6.79. The van der Waals surface area contributed by atoms with E-state index >= 15 is 0 Å². The second kappa shape index (κ2) is 6.18. The molecule has 23 heavy (non-hydrogen) atoms. The number of nitrogens with one attached hydrogen (secondary N) is 1. The minimum atomic E-state index is -1.68. The van der Waals surface area contributed by atoms with Crippen LogP contribution < -0.4 is 4.98 Å². The van der Waals surface area contributed by atoms with Crippen molar-refractivity contribution >= 4 is 8.24 Å². The molecule has 2 rings (SSSR count). The minimum Gasteiger partial charge on any atom is -0.334 e. The van der Waals surface area contributed by atoms with Gasteiger partial charge in [-0.3, -0.25) is 0 Å². The molecule has 0 heterocycles. The Morgan fingerprint density at radius 3 is 2.00 bits per heavy atom. The molecule has 0 saturated heterocycles. The standard InChI is InChI=1S/C21H39NSi/c1-19(2,3)17-14-15-21(16-17,20(4,5)6)23(7,8)22-18-12-10-9-11-13-18/h14-16,18,22H,9-13H2,1-8H3. The first-order chi connectivity index (χ1) is 10.4. The lowest BCUT2D eigenvalue weighted by Crippen LogP contribution is -2.61. The highest BCUT2D eigenvalue weighted by Gasteiger charge is 2.53. The summed E-state index contributed by atoms with van der Waals surface area (Å²) in [5.41, 5.74) is 1.99. The fourth-order valence-electron chi connectivity index (χ4n) is 4.70. The molecule has 0 aliphatic heterocycles. The molecule has 2 aliphatic rings. The van der Waals surface area contributed by atoms with E-state index in [1.165, 1.54) is 37.7 Å². The maximum atomic E-state index is 4.20. The zero-order valence-electron chi connectivity index (χ0n) is 16.8. The summed E-state index contributed by atoms with van der Waals surface area (Å²) < 4.78 is 0. The number of rotatable bonds is 3. The van der Waals surface area contributed by atoms with Crippen molar-refractivity contribution in [3.05, 3.63) is 23.8 Å². The van der Waals surface area contributed by atoms with Crippen LogP contribution in [0.15, 0.2) is 23.8 Å². The lowest BCUT2D eigenvalue weighted by Gasteiger charge is -2.51. The Morgan fingerprint density at radius 1 is 1.00 bits per heavy atom. The maximum absolute atomic E-state index is 4.20. The van der Waals surface area contributed by atoms with Gasteiger partial charge >= 0.3 is 0 Å². The summed E-state index contributed by atoms with van der Waals surface area (Å²) in [6.45, 7) is 19.4. The van der Waals surface area contributed by atoms with Gasteiger partial charge < -0.3 is 4.98 Å². The van der Waals surface area contributed by atoms with Crippen molar-refractivity contribution < 1.29 is 0 Å². The van der Waals surface area contributed by atoms with Crippen molar-refractivity contribution in [2.75, 3.05) is 0 Å². The molecule has 1 saturated carbocycles. The van der Waals surface area contributed by atoms with Gasteiger partial charge in [-0.05, 0) is 29.2 Å². The topological polar surface area (TPSA) is 12.0 Å². The third-order valence-corrected chi connectivity index (χ3v) is 10.5. The Bertz CT molecular complexity index is 481. The van der Waals surface area contributed by atoms with E-state index in [1.54, 1.807) is 0 Å². The van der Waals surface area contributed by atoms with Crippen LogP contribution in [0.1, 0.15) is 73.6 Å². The van der Waals surface area contributed by atoms with E-state index in [-0.39, 0.29) is 15.9 Å². The van der Waals surface area contributed by atoms with Gasteiger partial charge in [0.05, 0.1) is 0 Å². The normalized spacial score (nSPS) is 27.4. The molecule has 1 atom stereocenters. The Morgan fingerprint density at radius 2 is 1.57 bits per heavy atom. The van der Waals surface area contributed by atoms with E-state index in [9.17, 15) is 0 Å². The third kappa shape index (κ3) is 3.68. The largest absolute Gasteiger partial charge is 0.334 e. The van der Waals surface area contributed by atoms with Crippen LogP contribution in [0.4, 0.5) is 0 Å². The molecular weight excluding hydrogens is 294 g/mol. The van der Waals surface area contributed by atoms with Crippen LogP contribution in [0.25, 0.3) is 0 Å². The van der Waals surface area contributed by atoms with Crippen LogP contribution in [-0.4, -0.2) is 14.3 Å². The summed E-state index contributed by atoms with van der Waals surface area (Å²) in [5.74, 6) is 0. The van der Waals surface area contributed by atoms with Crippen molar-refractivity contribution in [1.29, 1.82) is 0 Å². The molecule has 2 heteroatoms. The summed E-state index contributed by atoms with van der Waals surface area (Å²) >= 11 is 0. The second-order valence-corrected chi connectivity index (χ2v) is 14.8. The number of hydrogen-bond acceptors (Lipinski definition) is 1. The lowest BCUT2D eigenvalue weighted by molar-refractivity contribution is 0.334. The van der Waals surface area contributed by atoms with Gasteiger partial charge in [-0.2, -0.15) is 0 Å². The summed E-state index contributed by atoms with van der Waals surface area (Å²) in [4.78, 5) is 4.20. The Kier molecular flexibility index (Phi) is 5.11. The molecule has 1 unspecified atom stereocenters. The lowest BCUT2D eigenvalue weighted by atomic mass is 9.79. The molecule has 0 radical (unpaired) electrons. The maximum Gasteiger partial charge on any atom is 0.134 e. The second-order valence-electron chi connectivity index (χ2n) is 10.4. The van der Waals surface area contributed by atoms with E-state index in [4.69, 9.17) is 0 Å². The SMILES string of the molecule is CC(C)(C)C1=CC(C(C)(C)C)([Si](C)(C)NC2CCCCC2)C=C1. The molecular formula is C21H39NSi. The van der Waals surface area contributed by atoms with E-state index < -0.39 is 8.24 Å². The molecule has 2 aliphatic carbocycles. The van der Waals surface area contributed by atoms with Gasteiger partial charge in [0.1, 0.15) is 8.24 Å². The van der Waals surface area contributed by atoms with Crippen LogP contribution in [0.2, 0.25) is 18.1 Å². The van der Waals surface area contributed by atoms with Gasteiger partial charge in [0.2, 0.25) is 0 Å². The van der Waals surface area contributed by atoms with Crippen molar-refractivity contribution in [3.8, 4) is 0 Å². The number of allylic oxidation sites excluding steroid dienone is 4. The number of hydrogen-bond donors (Lipinski definition) is 1.